The van der Waals surface area contributed by atoms with Crippen LogP contribution in [-0.2, 0) is 9.84 Å². The number of hydrogen-bond acceptors (Lipinski definition) is 4. The van der Waals surface area contributed by atoms with E-state index >= 15 is 0 Å². The second-order valence-electron chi connectivity index (χ2n) is 3.35. The molecule has 0 bridgehead atoms. The molecule has 2 aromatic rings. The van der Waals surface area contributed by atoms with E-state index < -0.39 is 15.5 Å². The first-order valence-corrected chi connectivity index (χ1v) is 6.58. The number of benzene rings is 1. The van der Waals surface area contributed by atoms with E-state index in [4.69, 9.17) is 16.0 Å². The molecule has 2 rings (SSSR count). The second kappa shape index (κ2) is 3.61. The van der Waals surface area contributed by atoms with Crippen molar-refractivity contribution < 1.29 is 12.8 Å². The molecule has 0 spiro atoms. The molecule has 1 aromatic heterocycles. The van der Waals surface area contributed by atoms with Gasteiger partial charge >= 0.3 is 5.63 Å². The fourth-order valence-electron chi connectivity index (χ4n) is 1.33. The van der Waals surface area contributed by atoms with Crippen LogP contribution in [0.25, 0.3) is 11.0 Å². The largest absolute Gasteiger partial charge is 0.422 e. The van der Waals surface area contributed by atoms with Crippen LogP contribution < -0.4 is 5.63 Å². The normalized spacial score (nSPS) is 11.9. The fourth-order valence-corrected chi connectivity index (χ4v) is 2.20. The van der Waals surface area contributed by atoms with Crippen molar-refractivity contribution in [3.05, 3.63) is 39.7 Å². The molecular formula is C10H7ClO4S. The Hall–Kier alpha value is -1.33. The van der Waals surface area contributed by atoms with Crippen molar-refractivity contribution in [1.29, 1.82) is 0 Å². The van der Waals surface area contributed by atoms with E-state index in [1.807, 2.05) is 0 Å². The van der Waals surface area contributed by atoms with E-state index in [9.17, 15) is 13.2 Å². The van der Waals surface area contributed by atoms with Crippen molar-refractivity contribution in [2.45, 2.75) is 4.90 Å². The lowest BCUT2D eigenvalue weighted by Crippen LogP contribution is -2.12. The summed E-state index contributed by atoms with van der Waals surface area (Å²) in [7, 11) is -3.59. The van der Waals surface area contributed by atoms with Crippen molar-refractivity contribution in [3.63, 3.8) is 0 Å². The van der Waals surface area contributed by atoms with Gasteiger partial charge in [-0.3, -0.25) is 0 Å². The molecule has 1 heterocycles. The van der Waals surface area contributed by atoms with Crippen molar-refractivity contribution in [2.75, 3.05) is 6.26 Å². The third kappa shape index (κ3) is 1.96. The van der Waals surface area contributed by atoms with Gasteiger partial charge in [0, 0.05) is 16.7 Å². The SMILES string of the molecule is CS(=O)(=O)c1cc2cc(Cl)ccc2oc1=O. The lowest BCUT2D eigenvalue weighted by Gasteiger charge is -2.00. The highest BCUT2D eigenvalue weighted by molar-refractivity contribution is 7.90. The zero-order valence-corrected chi connectivity index (χ0v) is 9.80. The lowest BCUT2D eigenvalue weighted by molar-refractivity contribution is 0.534. The highest BCUT2D eigenvalue weighted by Gasteiger charge is 2.15. The van der Waals surface area contributed by atoms with Crippen molar-refractivity contribution in [3.8, 4) is 0 Å². The Bertz CT molecular complexity index is 715. The molecule has 0 aliphatic carbocycles. The maximum absolute atomic E-state index is 11.4. The Kier molecular flexibility index (Phi) is 2.52. The third-order valence-electron chi connectivity index (χ3n) is 2.06. The molecule has 16 heavy (non-hydrogen) atoms. The summed E-state index contributed by atoms with van der Waals surface area (Å²) in [6.07, 6.45) is 0.954. The van der Waals surface area contributed by atoms with Crippen LogP contribution >= 0.6 is 11.6 Å². The first-order valence-electron chi connectivity index (χ1n) is 4.31. The zero-order chi connectivity index (χ0) is 11.9. The monoisotopic (exact) mass is 258 g/mol. The van der Waals surface area contributed by atoms with Crippen molar-refractivity contribution in [2.24, 2.45) is 0 Å². The van der Waals surface area contributed by atoms with Gasteiger partial charge in [0.2, 0.25) is 0 Å². The van der Waals surface area contributed by atoms with Gasteiger partial charge < -0.3 is 4.42 Å². The van der Waals surface area contributed by atoms with Gasteiger partial charge in [-0.2, -0.15) is 0 Å². The first kappa shape index (κ1) is 11.2. The molecule has 0 aliphatic rings. The molecule has 6 heteroatoms. The zero-order valence-electron chi connectivity index (χ0n) is 8.23. The highest BCUT2D eigenvalue weighted by Crippen LogP contribution is 2.20. The summed E-state index contributed by atoms with van der Waals surface area (Å²) in [5, 5.41) is 0.924. The van der Waals surface area contributed by atoms with Gasteiger partial charge in [0.15, 0.2) is 14.7 Å². The maximum Gasteiger partial charge on any atom is 0.355 e. The fraction of sp³-hybridized carbons (Fsp3) is 0.100. The van der Waals surface area contributed by atoms with Gasteiger partial charge in [0.05, 0.1) is 0 Å². The van der Waals surface area contributed by atoms with E-state index in [0.717, 1.165) is 6.26 Å². The van der Waals surface area contributed by atoms with Gasteiger partial charge in [-0.1, -0.05) is 11.6 Å². The molecule has 84 valence electrons. The average molecular weight is 259 g/mol. The van der Waals surface area contributed by atoms with Crippen LogP contribution in [0.3, 0.4) is 0 Å². The molecule has 0 aliphatic heterocycles. The minimum atomic E-state index is -3.59. The van der Waals surface area contributed by atoms with Crippen LogP contribution in [0.2, 0.25) is 5.02 Å². The summed E-state index contributed by atoms with van der Waals surface area (Å²) < 4.78 is 27.5. The lowest BCUT2D eigenvalue weighted by atomic mass is 10.2. The molecule has 0 fully saturated rings. The molecule has 0 atom stereocenters. The number of halogens is 1. The summed E-state index contributed by atoms with van der Waals surface area (Å²) in [6.45, 7) is 0. The predicted octanol–water partition coefficient (Wildman–Crippen LogP) is 1.85. The van der Waals surface area contributed by atoms with E-state index in [0.29, 0.717) is 16.0 Å². The van der Waals surface area contributed by atoms with E-state index in [1.54, 1.807) is 6.07 Å². The van der Waals surface area contributed by atoms with Crippen LogP contribution in [0.15, 0.2) is 38.4 Å². The molecule has 1 aromatic carbocycles. The Morgan fingerprint density at radius 2 is 1.94 bits per heavy atom. The molecule has 4 nitrogen and oxygen atoms in total. The molecule has 0 unspecified atom stereocenters. The van der Waals surface area contributed by atoms with Crippen LogP contribution in [-0.4, -0.2) is 14.7 Å². The van der Waals surface area contributed by atoms with Crippen molar-refractivity contribution in [1.82, 2.24) is 0 Å². The van der Waals surface area contributed by atoms with E-state index in [-0.39, 0.29) is 4.90 Å². The van der Waals surface area contributed by atoms with Gasteiger partial charge in [0.25, 0.3) is 0 Å². The van der Waals surface area contributed by atoms with Crippen molar-refractivity contribution >= 4 is 32.4 Å². The Morgan fingerprint density at radius 3 is 2.56 bits per heavy atom. The maximum atomic E-state index is 11.4. The Labute approximate surface area is 96.4 Å². The van der Waals surface area contributed by atoms with E-state index in [2.05, 4.69) is 0 Å². The van der Waals surface area contributed by atoms with Gasteiger partial charge in [-0.05, 0) is 24.3 Å². The predicted molar refractivity (Wildman–Crippen MR) is 60.6 cm³/mol. The standard InChI is InChI=1S/C10H7ClO4S/c1-16(13,14)9-5-6-4-7(11)2-3-8(6)15-10(9)12/h2-5H,1H3. The van der Waals surface area contributed by atoms with Crippen LogP contribution in [0.1, 0.15) is 0 Å². The number of fused-ring (bicyclic) bond motifs is 1. The molecule has 0 saturated carbocycles. The smallest absolute Gasteiger partial charge is 0.355 e. The summed E-state index contributed by atoms with van der Waals surface area (Å²) in [5.74, 6) is 0. The molecule has 0 radical (unpaired) electrons. The van der Waals surface area contributed by atoms with Gasteiger partial charge in [-0.25, -0.2) is 13.2 Å². The topological polar surface area (TPSA) is 64.3 Å². The van der Waals surface area contributed by atoms with Gasteiger partial charge in [0.1, 0.15) is 5.58 Å². The summed E-state index contributed by atoms with van der Waals surface area (Å²) >= 11 is 5.76. The van der Waals surface area contributed by atoms with Gasteiger partial charge in [-0.15, -0.1) is 0 Å². The molecule has 0 amide bonds. The molecule has 0 saturated heterocycles. The second-order valence-corrected chi connectivity index (χ2v) is 5.77. The molecule has 0 N–H and O–H groups in total. The van der Waals surface area contributed by atoms with Crippen LogP contribution in [0, 0.1) is 0 Å². The minimum Gasteiger partial charge on any atom is -0.422 e. The number of sulfone groups is 1. The third-order valence-corrected chi connectivity index (χ3v) is 3.38. The van der Waals surface area contributed by atoms with Crippen LogP contribution in [0.5, 0.6) is 0 Å². The Morgan fingerprint density at radius 1 is 1.25 bits per heavy atom. The number of rotatable bonds is 1. The first-order chi connectivity index (χ1) is 7.38. The van der Waals surface area contributed by atoms with E-state index in [1.165, 1.54) is 18.2 Å². The molecular weight excluding hydrogens is 252 g/mol. The summed E-state index contributed by atoms with van der Waals surface area (Å²) in [4.78, 5) is 11.0. The Balaban J connectivity index is 2.90. The average Bonchev–Trinajstić information content (AvgIpc) is 2.16. The number of hydrogen-bond donors (Lipinski definition) is 0. The quantitative estimate of drug-likeness (QED) is 0.733. The summed E-state index contributed by atoms with van der Waals surface area (Å²) in [6, 6.07) is 5.88. The summed E-state index contributed by atoms with van der Waals surface area (Å²) in [5.41, 5.74) is -0.556. The van der Waals surface area contributed by atoms with Crippen LogP contribution in [0.4, 0.5) is 0 Å². The highest BCUT2D eigenvalue weighted by atomic mass is 35.5. The minimum absolute atomic E-state index is 0.307.